The summed E-state index contributed by atoms with van der Waals surface area (Å²) in [5, 5.41) is 3.64. The van der Waals surface area contributed by atoms with Gasteiger partial charge in [-0.25, -0.2) is 0 Å². The fraction of sp³-hybridized carbons (Fsp3) is 0.647. The first kappa shape index (κ1) is 15.3. The average molecular weight is 276 g/mol. The zero-order chi connectivity index (χ0) is 14.7. The number of para-hydroxylation sites is 1. The van der Waals surface area contributed by atoms with Gasteiger partial charge in [-0.1, -0.05) is 39.0 Å². The number of rotatable bonds is 5. The van der Waals surface area contributed by atoms with Crippen LogP contribution in [0.25, 0.3) is 0 Å². The van der Waals surface area contributed by atoms with Crippen molar-refractivity contribution in [2.24, 2.45) is 5.92 Å². The Morgan fingerprint density at radius 3 is 2.65 bits per heavy atom. The first-order chi connectivity index (χ1) is 9.56. The molecule has 3 atom stereocenters. The largest absolute Gasteiger partial charge is 0.492 e. The smallest absolute Gasteiger partial charge is 0.124 e. The fourth-order valence-corrected chi connectivity index (χ4v) is 2.94. The second kappa shape index (κ2) is 6.59. The molecule has 112 valence electrons. The predicted molar refractivity (Wildman–Crippen MR) is 84.2 cm³/mol. The van der Waals surface area contributed by atoms with Crippen LogP contribution in [0, 0.1) is 5.92 Å². The van der Waals surface area contributed by atoms with E-state index in [4.69, 9.17) is 4.74 Å². The normalized spacial score (nSPS) is 23.6. The Bertz CT molecular complexity index is 433. The SMILES string of the molecule is CCNC1c2ccccc2OCC1N(C)C(C)C(C)C. The van der Waals surface area contributed by atoms with E-state index < -0.39 is 0 Å². The summed E-state index contributed by atoms with van der Waals surface area (Å²) in [5.74, 6) is 1.67. The van der Waals surface area contributed by atoms with Crippen LogP contribution in [-0.2, 0) is 0 Å². The van der Waals surface area contributed by atoms with Gasteiger partial charge in [-0.15, -0.1) is 0 Å². The molecular formula is C17H28N2O. The second-order valence-corrected chi connectivity index (χ2v) is 6.10. The van der Waals surface area contributed by atoms with Gasteiger partial charge in [0.15, 0.2) is 0 Å². The molecule has 1 aromatic rings. The summed E-state index contributed by atoms with van der Waals surface area (Å²) < 4.78 is 5.98. The molecule has 0 amide bonds. The van der Waals surface area contributed by atoms with Gasteiger partial charge in [0.25, 0.3) is 0 Å². The van der Waals surface area contributed by atoms with Crippen molar-refractivity contribution in [2.75, 3.05) is 20.2 Å². The van der Waals surface area contributed by atoms with E-state index in [2.05, 4.69) is 63.2 Å². The molecule has 1 heterocycles. The Hall–Kier alpha value is -1.06. The highest BCUT2D eigenvalue weighted by Gasteiger charge is 2.35. The number of hydrogen-bond acceptors (Lipinski definition) is 3. The minimum absolute atomic E-state index is 0.344. The molecule has 0 saturated carbocycles. The number of ether oxygens (including phenoxy) is 1. The maximum Gasteiger partial charge on any atom is 0.124 e. The summed E-state index contributed by atoms with van der Waals surface area (Å²) in [4.78, 5) is 2.47. The Kier molecular flexibility index (Phi) is 5.06. The second-order valence-electron chi connectivity index (χ2n) is 6.10. The van der Waals surface area contributed by atoms with E-state index in [0.717, 1.165) is 18.9 Å². The van der Waals surface area contributed by atoms with Gasteiger partial charge in [-0.05, 0) is 32.5 Å². The standard InChI is InChI=1S/C17H28N2O/c1-6-18-17-14-9-7-8-10-16(14)20-11-15(17)19(5)13(4)12(2)3/h7-10,12-13,15,17-18H,6,11H2,1-5H3. The minimum Gasteiger partial charge on any atom is -0.492 e. The van der Waals surface area contributed by atoms with Crippen molar-refractivity contribution >= 4 is 0 Å². The van der Waals surface area contributed by atoms with Crippen molar-refractivity contribution in [1.29, 1.82) is 0 Å². The maximum absolute atomic E-state index is 5.98. The van der Waals surface area contributed by atoms with Crippen molar-refractivity contribution in [3.63, 3.8) is 0 Å². The summed E-state index contributed by atoms with van der Waals surface area (Å²) in [5.41, 5.74) is 1.29. The number of likely N-dealkylation sites (N-methyl/N-ethyl adjacent to an activating group) is 2. The summed E-state index contributed by atoms with van der Waals surface area (Å²) in [6, 6.07) is 9.65. The molecule has 1 aliphatic rings. The van der Waals surface area contributed by atoms with Gasteiger partial charge in [-0.3, -0.25) is 4.90 Å². The zero-order valence-electron chi connectivity index (χ0n) is 13.4. The van der Waals surface area contributed by atoms with E-state index in [9.17, 15) is 0 Å². The zero-order valence-corrected chi connectivity index (χ0v) is 13.4. The van der Waals surface area contributed by atoms with Crippen LogP contribution in [0.5, 0.6) is 5.75 Å². The van der Waals surface area contributed by atoms with Gasteiger partial charge in [0.1, 0.15) is 12.4 Å². The molecule has 0 bridgehead atoms. The van der Waals surface area contributed by atoms with E-state index >= 15 is 0 Å². The lowest BCUT2D eigenvalue weighted by Crippen LogP contribution is -2.52. The summed E-state index contributed by atoms with van der Waals surface area (Å²) >= 11 is 0. The lowest BCUT2D eigenvalue weighted by atomic mass is 9.93. The number of nitrogens with zero attached hydrogens (tertiary/aromatic N) is 1. The third-order valence-electron chi connectivity index (χ3n) is 4.60. The predicted octanol–water partition coefficient (Wildman–Crippen LogP) is 3.07. The molecule has 20 heavy (non-hydrogen) atoms. The molecule has 3 unspecified atom stereocenters. The third kappa shape index (κ3) is 2.99. The van der Waals surface area contributed by atoms with Crippen LogP contribution in [0.15, 0.2) is 24.3 Å². The molecule has 1 aliphatic heterocycles. The Morgan fingerprint density at radius 1 is 1.30 bits per heavy atom. The lowest BCUT2D eigenvalue weighted by Gasteiger charge is -2.42. The molecule has 2 rings (SSSR count). The van der Waals surface area contributed by atoms with E-state index in [1.165, 1.54) is 5.56 Å². The summed E-state index contributed by atoms with van der Waals surface area (Å²) in [7, 11) is 2.22. The number of hydrogen-bond donors (Lipinski definition) is 1. The lowest BCUT2D eigenvalue weighted by molar-refractivity contribution is 0.0642. The van der Waals surface area contributed by atoms with Gasteiger partial charge in [0, 0.05) is 11.6 Å². The molecule has 0 fully saturated rings. The van der Waals surface area contributed by atoms with Crippen LogP contribution in [-0.4, -0.2) is 37.2 Å². The highest BCUT2D eigenvalue weighted by Crippen LogP contribution is 2.34. The summed E-state index contributed by atoms with van der Waals surface area (Å²) in [6.45, 7) is 10.7. The van der Waals surface area contributed by atoms with Crippen LogP contribution in [0.2, 0.25) is 0 Å². The minimum atomic E-state index is 0.344. The molecule has 1 aromatic carbocycles. The molecule has 0 spiro atoms. The monoisotopic (exact) mass is 276 g/mol. The molecule has 1 N–H and O–H groups in total. The number of nitrogens with one attached hydrogen (secondary N) is 1. The quantitative estimate of drug-likeness (QED) is 0.894. The molecular weight excluding hydrogens is 248 g/mol. The fourth-order valence-electron chi connectivity index (χ4n) is 2.94. The molecule has 0 aromatic heterocycles. The van der Waals surface area contributed by atoms with Crippen molar-refractivity contribution in [3.8, 4) is 5.75 Å². The van der Waals surface area contributed by atoms with Gasteiger partial charge in [0.2, 0.25) is 0 Å². The van der Waals surface area contributed by atoms with E-state index in [1.54, 1.807) is 0 Å². The average Bonchev–Trinajstić information content (AvgIpc) is 2.46. The Labute approximate surface area is 123 Å². The highest BCUT2D eigenvalue weighted by atomic mass is 16.5. The molecule has 3 heteroatoms. The van der Waals surface area contributed by atoms with Crippen LogP contribution >= 0.6 is 0 Å². The van der Waals surface area contributed by atoms with E-state index in [-0.39, 0.29) is 0 Å². The van der Waals surface area contributed by atoms with Crippen molar-refractivity contribution in [3.05, 3.63) is 29.8 Å². The van der Waals surface area contributed by atoms with Crippen molar-refractivity contribution in [1.82, 2.24) is 10.2 Å². The highest BCUT2D eigenvalue weighted by molar-refractivity contribution is 5.38. The molecule has 0 aliphatic carbocycles. The van der Waals surface area contributed by atoms with Crippen molar-refractivity contribution < 1.29 is 4.74 Å². The van der Waals surface area contributed by atoms with Crippen LogP contribution in [0.4, 0.5) is 0 Å². The molecule has 3 nitrogen and oxygen atoms in total. The third-order valence-corrected chi connectivity index (χ3v) is 4.60. The maximum atomic E-state index is 5.98. The molecule has 0 saturated heterocycles. The van der Waals surface area contributed by atoms with Crippen LogP contribution in [0.1, 0.15) is 39.3 Å². The van der Waals surface area contributed by atoms with Gasteiger partial charge in [-0.2, -0.15) is 0 Å². The first-order valence-electron chi connectivity index (χ1n) is 7.73. The molecule has 0 radical (unpaired) electrons. The Morgan fingerprint density at radius 2 is 2.00 bits per heavy atom. The summed E-state index contributed by atoms with van der Waals surface area (Å²) in [6.07, 6.45) is 0. The number of fused-ring (bicyclic) bond motifs is 1. The Balaban J connectivity index is 2.26. The van der Waals surface area contributed by atoms with Crippen molar-refractivity contribution in [2.45, 2.75) is 45.8 Å². The van der Waals surface area contributed by atoms with Crippen LogP contribution < -0.4 is 10.1 Å². The van der Waals surface area contributed by atoms with Gasteiger partial charge >= 0.3 is 0 Å². The number of benzene rings is 1. The van der Waals surface area contributed by atoms with E-state index in [0.29, 0.717) is 24.0 Å². The van der Waals surface area contributed by atoms with Gasteiger partial charge in [0.05, 0.1) is 12.1 Å². The van der Waals surface area contributed by atoms with Crippen LogP contribution in [0.3, 0.4) is 0 Å². The first-order valence-corrected chi connectivity index (χ1v) is 7.73. The topological polar surface area (TPSA) is 24.5 Å². The van der Waals surface area contributed by atoms with E-state index in [1.807, 2.05) is 6.07 Å². The van der Waals surface area contributed by atoms with Gasteiger partial charge < -0.3 is 10.1 Å².